The molecule has 0 aliphatic carbocycles. The number of aromatic nitrogens is 2. The van der Waals surface area contributed by atoms with E-state index in [1.165, 1.54) is 4.68 Å². The molecule has 20 heavy (non-hydrogen) atoms. The molecule has 1 N–H and O–H groups in total. The minimum absolute atomic E-state index is 0.145. The van der Waals surface area contributed by atoms with Gasteiger partial charge in [0.1, 0.15) is 5.02 Å². The van der Waals surface area contributed by atoms with Gasteiger partial charge in [0.05, 0.1) is 25.0 Å². The van der Waals surface area contributed by atoms with E-state index in [9.17, 15) is 4.79 Å². The zero-order chi connectivity index (χ0) is 14.4. The average Bonchev–Trinajstić information content (AvgIpc) is 2.49. The number of methoxy groups -OCH3 is 1. The van der Waals surface area contributed by atoms with E-state index in [0.717, 1.165) is 5.56 Å². The highest BCUT2D eigenvalue weighted by Gasteiger charge is 2.08. The molecule has 0 fully saturated rings. The fraction of sp³-hybridized carbons (Fsp3) is 0.286. The molecule has 5 nitrogen and oxygen atoms in total. The third-order valence-corrected chi connectivity index (χ3v) is 3.18. The normalized spacial score (nSPS) is 10.5. The largest absolute Gasteiger partial charge is 0.383 e. The number of nitrogens with one attached hydrogen (secondary N) is 1. The van der Waals surface area contributed by atoms with Crippen molar-refractivity contribution in [2.75, 3.05) is 19.0 Å². The van der Waals surface area contributed by atoms with Gasteiger partial charge in [0.15, 0.2) is 0 Å². The highest BCUT2D eigenvalue weighted by molar-refractivity contribution is 6.32. The van der Waals surface area contributed by atoms with Gasteiger partial charge >= 0.3 is 0 Å². The molecule has 0 amide bonds. The number of hydrogen-bond donors (Lipinski definition) is 1. The molecule has 0 radical (unpaired) electrons. The summed E-state index contributed by atoms with van der Waals surface area (Å²) < 4.78 is 6.21. The summed E-state index contributed by atoms with van der Waals surface area (Å²) in [5.41, 5.74) is 1.32. The van der Waals surface area contributed by atoms with Crippen molar-refractivity contribution in [2.45, 2.75) is 13.1 Å². The second-order valence-electron chi connectivity index (χ2n) is 4.23. The van der Waals surface area contributed by atoms with Gasteiger partial charge < -0.3 is 10.1 Å². The van der Waals surface area contributed by atoms with Crippen LogP contribution < -0.4 is 10.9 Å². The molecule has 1 heterocycles. The zero-order valence-electron chi connectivity index (χ0n) is 11.2. The van der Waals surface area contributed by atoms with Crippen LogP contribution in [0.15, 0.2) is 41.3 Å². The Labute approximate surface area is 122 Å². The molecule has 0 spiro atoms. The van der Waals surface area contributed by atoms with Crippen LogP contribution in [0, 0.1) is 0 Å². The van der Waals surface area contributed by atoms with Crippen molar-refractivity contribution in [1.82, 2.24) is 9.78 Å². The standard InChI is InChI=1S/C14H16ClN3O2/c1-20-8-7-18-14(19)13(15)12(10-17-18)16-9-11-5-3-2-4-6-11/h2-6,10,16H,7-9H2,1H3. The number of rotatable bonds is 6. The van der Waals surface area contributed by atoms with Crippen LogP contribution in [-0.4, -0.2) is 23.5 Å². The Morgan fingerprint density at radius 2 is 2.10 bits per heavy atom. The highest BCUT2D eigenvalue weighted by Crippen LogP contribution is 2.16. The fourth-order valence-corrected chi connectivity index (χ4v) is 1.93. The Bertz CT molecular complexity index is 614. The van der Waals surface area contributed by atoms with E-state index in [-0.39, 0.29) is 10.6 Å². The maximum Gasteiger partial charge on any atom is 0.287 e. The van der Waals surface area contributed by atoms with Crippen LogP contribution in [0.25, 0.3) is 0 Å². The lowest BCUT2D eigenvalue weighted by atomic mass is 10.2. The van der Waals surface area contributed by atoms with E-state index >= 15 is 0 Å². The van der Waals surface area contributed by atoms with Gasteiger partial charge in [0.2, 0.25) is 0 Å². The highest BCUT2D eigenvalue weighted by atomic mass is 35.5. The summed E-state index contributed by atoms with van der Waals surface area (Å²) in [5.74, 6) is 0. The number of ether oxygens (including phenoxy) is 1. The van der Waals surface area contributed by atoms with Gasteiger partial charge in [-0.2, -0.15) is 5.10 Å². The Balaban J connectivity index is 2.09. The van der Waals surface area contributed by atoms with E-state index in [2.05, 4.69) is 10.4 Å². The molecule has 6 heteroatoms. The summed E-state index contributed by atoms with van der Waals surface area (Å²) in [5, 5.41) is 7.33. The molecule has 0 aliphatic heterocycles. The van der Waals surface area contributed by atoms with Crippen LogP contribution in [0.2, 0.25) is 5.02 Å². The third-order valence-electron chi connectivity index (χ3n) is 2.82. The molecular formula is C14H16ClN3O2. The van der Waals surface area contributed by atoms with Crippen molar-refractivity contribution in [3.05, 3.63) is 57.5 Å². The number of halogens is 1. The van der Waals surface area contributed by atoms with Crippen LogP contribution >= 0.6 is 11.6 Å². The zero-order valence-corrected chi connectivity index (χ0v) is 11.9. The quantitative estimate of drug-likeness (QED) is 0.887. The first-order valence-electron chi connectivity index (χ1n) is 6.24. The minimum atomic E-state index is -0.318. The van der Waals surface area contributed by atoms with E-state index in [4.69, 9.17) is 16.3 Å². The van der Waals surface area contributed by atoms with Crippen LogP contribution in [0.1, 0.15) is 5.56 Å². The molecule has 2 rings (SSSR count). The average molecular weight is 294 g/mol. The Hall–Kier alpha value is -1.85. The summed E-state index contributed by atoms with van der Waals surface area (Å²) in [7, 11) is 1.57. The molecule has 0 bridgehead atoms. The first-order chi connectivity index (χ1) is 9.72. The van der Waals surface area contributed by atoms with Crippen molar-refractivity contribution in [3.63, 3.8) is 0 Å². The maximum absolute atomic E-state index is 12.0. The van der Waals surface area contributed by atoms with E-state index in [0.29, 0.717) is 25.4 Å². The van der Waals surface area contributed by atoms with Gasteiger partial charge in [-0.1, -0.05) is 41.9 Å². The minimum Gasteiger partial charge on any atom is -0.383 e. The molecular weight excluding hydrogens is 278 g/mol. The summed E-state index contributed by atoms with van der Waals surface area (Å²) in [6.07, 6.45) is 1.56. The number of hydrogen-bond acceptors (Lipinski definition) is 4. The van der Waals surface area contributed by atoms with E-state index < -0.39 is 0 Å². The summed E-state index contributed by atoms with van der Waals surface area (Å²) >= 11 is 6.07. The lowest BCUT2D eigenvalue weighted by Crippen LogP contribution is -2.26. The molecule has 106 valence electrons. The monoisotopic (exact) mass is 293 g/mol. The Morgan fingerprint density at radius 1 is 1.35 bits per heavy atom. The predicted molar refractivity (Wildman–Crippen MR) is 79.2 cm³/mol. The van der Waals surface area contributed by atoms with Crippen molar-refractivity contribution in [3.8, 4) is 0 Å². The molecule has 0 saturated heterocycles. The molecule has 0 saturated carbocycles. The van der Waals surface area contributed by atoms with Gasteiger partial charge in [0.25, 0.3) is 5.56 Å². The summed E-state index contributed by atoms with van der Waals surface area (Å²) in [6.45, 7) is 1.39. The van der Waals surface area contributed by atoms with Crippen LogP contribution in [-0.2, 0) is 17.8 Å². The summed E-state index contributed by atoms with van der Waals surface area (Å²) in [6, 6.07) is 9.86. The molecule has 0 unspecified atom stereocenters. The van der Waals surface area contributed by atoms with E-state index in [1.807, 2.05) is 30.3 Å². The second kappa shape index (κ2) is 7.07. The lowest BCUT2D eigenvalue weighted by Gasteiger charge is -2.10. The first-order valence-corrected chi connectivity index (χ1v) is 6.62. The van der Waals surface area contributed by atoms with Crippen LogP contribution in [0.5, 0.6) is 0 Å². The SMILES string of the molecule is COCCn1ncc(NCc2ccccc2)c(Cl)c1=O. The fourth-order valence-electron chi connectivity index (χ4n) is 1.72. The predicted octanol–water partition coefficient (Wildman–Crippen LogP) is 2.16. The van der Waals surface area contributed by atoms with Crippen molar-refractivity contribution in [2.24, 2.45) is 0 Å². The van der Waals surface area contributed by atoms with Gasteiger partial charge in [-0.3, -0.25) is 4.79 Å². The van der Waals surface area contributed by atoms with Crippen molar-refractivity contribution >= 4 is 17.3 Å². The first kappa shape index (κ1) is 14.6. The van der Waals surface area contributed by atoms with Gasteiger partial charge in [-0.25, -0.2) is 4.68 Å². The van der Waals surface area contributed by atoms with Crippen LogP contribution in [0.4, 0.5) is 5.69 Å². The molecule has 1 aromatic heterocycles. The number of benzene rings is 1. The summed E-state index contributed by atoms with van der Waals surface area (Å²) in [4.78, 5) is 12.0. The van der Waals surface area contributed by atoms with Gasteiger partial charge in [0, 0.05) is 13.7 Å². The van der Waals surface area contributed by atoms with Crippen molar-refractivity contribution in [1.29, 1.82) is 0 Å². The van der Waals surface area contributed by atoms with Gasteiger partial charge in [-0.15, -0.1) is 0 Å². The van der Waals surface area contributed by atoms with Crippen molar-refractivity contribution < 1.29 is 4.74 Å². The Kier molecular flexibility index (Phi) is 5.15. The molecule has 1 aromatic carbocycles. The van der Waals surface area contributed by atoms with Crippen LogP contribution in [0.3, 0.4) is 0 Å². The van der Waals surface area contributed by atoms with E-state index in [1.54, 1.807) is 13.3 Å². The maximum atomic E-state index is 12.0. The topological polar surface area (TPSA) is 56.1 Å². The Morgan fingerprint density at radius 3 is 2.80 bits per heavy atom. The number of nitrogens with zero attached hydrogens (tertiary/aromatic N) is 2. The smallest absolute Gasteiger partial charge is 0.287 e. The molecule has 0 aliphatic rings. The molecule has 2 aromatic rings. The number of anilines is 1. The second-order valence-corrected chi connectivity index (χ2v) is 4.61. The molecule has 0 atom stereocenters. The lowest BCUT2D eigenvalue weighted by molar-refractivity contribution is 0.182. The third kappa shape index (κ3) is 3.59. The van der Waals surface area contributed by atoms with Gasteiger partial charge in [-0.05, 0) is 5.56 Å².